The number of benzene rings is 2. The van der Waals surface area contributed by atoms with E-state index in [1.54, 1.807) is 0 Å². The zero-order valence-electron chi connectivity index (χ0n) is 14.9. The van der Waals surface area contributed by atoms with E-state index < -0.39 is 23.7 Å². The predicted octanol–water partition coefficient (Wildman–Crippen LogP) is 2.21. The number of aromatic hydroxyl groups is 1. The summed E-state index contributed by atoms with van der Waals surface area (Å²) in [7, 11) is 2.66. The molecule has 0 unspecified atom stereocenters. The number of hydrogen-bond acceptors (Lipinski definition) is 6. The highest BCUT2D eigenvalue weighted by Gasteiger charge is 2.36. The van der Waals surface area contributed by atoms with Crippen molar-refractivity contribution in [3.05, 3.63) is 53.4 Å². The van der Waals surface area contributed by atoms with Crippen molar-refractivity contribution in [3.8, 4) is 17.2 Å². The second-order valence-corrected chi connectivity index (χ2v) is 5.71. The Morgan fingerprint density at radius 3 is 2.14 bits per heavy atom. The number of barbiturate groups is 1. The highest BCUT2D eigenvalue weighted by molar-refractivity contribution is 6.39. The Kier molecular flexibility index (Phi) is 4.99. The SMILES string of the molecule is COc1cc(/C=C2/C(=O)NC(=O)N(c3ccc(F)cc3)C2=O)cc(OC)c1O. The van der Waals surface area contributed by atoms with Crippen molar-refractivity contribution in [2.24, 2.45) is 0 Å². The number of amides is 4. The van der Waals surface area contributed by atoms with Gasteiger partial charge in [0, 0.05) is 0 Å². The van der Waals surface area contributed by atoms with E-state index in [0.29, 0.717) is 5.56 Å². The predicted molar refractivity (Wildman–Crippen MR) is 96.6 cm³/mol. The Morgan fingerprint density at radius 1 is 1.04 bits per heavy atom. The van der Waals surface area contributed by atoms with Crippen LogP contribution in [0.2, 0.25) is 0 Å². The van der Waals surface area contributed by atoms with Crippen LogP contribution in [0.25, 0.3) is 6.08 Å². The number of nitrogens with zero attached hydrogens (tertiary/aromatic N) is 1. The summed E-state index contributed by atoms with van der Waals surface area (Å²) in [5, 5.41) is 12.0. The van der Waals surface area contributed by atoms with Crippen molar-refractivity contribution in [2.45, 2.75) is 0 Å². The summed E-state index contributed by atoms with van der Waals surface area (Å²) >= 11 is 0. The number of anilines is 1. The Labute approximate surface area is 158 Å². The van der Waals surface area contributed by atoms with Crippen LogP contribution < -0.4 is 19.7 Å². The lowest BCUT2D eigenvalue weighted by Gasteiger charge is -2.26. The first-order valence-electron chi connectivity index (χ1n) is 7.97. The molecule has 1 fully saturated rings. The second kappa shape index (κ2) is 7.39. The molecule has 4 amide bonds. The summed E-state index contributed by atoms with van der Waals surface area (Å²) in [5.74, 6) is -2.41. The minimum absolute atomic E-state index is 0.0707. The zero-order chi connectivity index (χ0) is 20.4. The summed E-state index contributed by atoms with van der Waals surface area (Å²) in [4.78, 5) is 37.8. The van der Waals surface area contributed by atoms with Crippen molar-refractivity contribution >= 4 is 29.6 Å². The van der Waals surface area contributed by atoms with Crippen LogP contribution in [0.5, 0.6) is 17.2 Å². The van der Waals surface area contributed by atoms with E-state index >= 15 is 0 Å². The van der Waals surface area contributed by atoms with Gasteiger partial charge in [-0.25, -0.2) is 14.1 Å². The van der Waals surface area contributed by atoms with E-state index in [9.17, 15) is 23.9 Å². The van der Waals surface area contributed by atoms with Gasteiger partial charge in [0.05, 0.1) is 19.9 Å². The number of hydrogen-bond donors (Lipinski definition) is 2. The van der Waals surface area contributed by atoms with E-state index in [2.05, 4.69) is 5.32 Å². The number of halogens is 1. The number of imide groups is 2. The van der Waals surface area contributed by atoms with E-state index in [0.717, 1.165) is 17.0 Å². The standard InChI is InChI=1S/C19H15FN2O6/c1-27-14-8-10(9-15(28-2)16(14)23)7-13-17(24)21-19(26)22(18(13)25)12-5-3-11(20)4-6-12/h3-9,23H,1-2H3,(H,21,24,26)/b13-7-. The molecule has 1 aliphatic heterocycles. The van der Waals surface area contributed by atoms with Crippen LogP contribution >= 0.6 is 0 Å². The van der Waals surface area contributed by atoms with Gasteiger partial charge in [0.25, 0.3) is 11.8 Å². The monoisotopic (exact) mass is 386 g/mol. The van der Waals surface area contributed by atoms with Crippen LogP contribution in [0.15, 0.2) is 42.0 Å². The van der Waals surface area contributed by atoms with Gasteiger partial charge in [-0.3, -0.25) is 14.9 Å². The molecule has 1 saturated heterocycles. The third kappa shape index (κ3) is 3.37. The fourth-order valence-electron chi connectivity index (χ4n) is 2.65. The lowest BCUT2D eigenvalue weighted by atomic mass is 10.1. The number of nitrogens with one attached hydrogen (secondary N) is 1. The van der Waals surface area contributed by atoms with Gasteiger partial charge in [0.15, 0.2) is 11.5 Å². The number of carbonyl (C=O) groups excluding carboxylic acids is 3. The number of rotatable bonds is 4. The first kappa shape index (κ1) is 18.9. The summed E-state index contributed by atoms with van der Waals surface area (Å²) in [6.45, 7) is 0. The molecule has 2 aromatic rings. The molecule has 2 N–H and O–H groups in total. The molecule has 1 aliphatic rings. The molecule has 9 heteroatoms. The number of urea groups is 1. The smallest absolute Gasteiger partial charge is 0.335 e. The van der Waals surface area contributed by atoms with Crippen molar-refractivity contribution in [1.29, 1.82) is 0 Å². The minimum Gasteiger partial charge on any atom is -0.502 e. The maximum absolute atomic E-state index is 13.1. The molecule has 3 rings (SSSR count). The van der Waals surface area contributed by atoms with Gasteiger partial charge < -0.3 is 14.6 Å². The van der Waals surface area contributed by atoms with Crippen LogP contribution in [0.1, 0.15) is 5.56 Å². The van der Waals surface area contributed by atoms with Crippen LogP contribution in [0, 0.1) is 5.82 Å². The van der Waals surface area contributed by atoms with Crippen LogP contribution in [-0.4, -0.2) is 37.2 Å². The second-order valence-electron chi connectivity index (χ2n) is 5.71. The van der Waals surface area contributed by atoms with Gasteiger partial charge in [-0.1, -0.05) is 0 Å². The fourth-order valence-corrected chi connectivity index (χ4v) is 2.65. The molecular weight excluding hydrogens is 371 g/mol. The van der Waals surface area contributed by atoms with E-state index in [1.807, 2.05) is 0 Å². The molecule has 28 heavy (non-hydrogen) atoms. The molecule has 0 spiro atoms. The highest BCUT2D eigenvalue weighted by Crippen LogP contribution is 2.38. The van der Waals surface area contributed by atoms with Crippen LogP contribution in [-0.2, 0) is 9.59 Å². The van der Waals surface area contributed by atoms with Crippen molar-refractivity contribution in [3.63, 3.8) is 0 Å². The maximum atomic E-state index is 13.1. The molecule has 0 aliphatic carbocycles. The largest absolute Gasteiger partial charge is 0.502 e. The summed E-state index contributed by atoms with van der Waals surface area (Å²) in [6, 6.07) is 6.50. The van der Waals surface area contributed by atoms with Gasteiger partial charge in [-0.15, -0.1) is 0 Å². The summed E-state index contributed by atoms with van der Waals surface area (Å²) in [6.07, 6.45) is 1.23. The molecule has 1 heterocycles. The first-order valence-corrected chi connectivity index (χ1v) is 7.97. The minimum atomic E-state index is -0.945. The highest BCUT2D eigenvalue weighted by atomic mass is 19.1. The normalized spacial score (nSPS) is 15.6. The first-order chi connectivity index (χ1) is 13.3. The number of methoxy groups -OCH3 is 2. The fraction of sp³-hybridized carbons (Fsp3) is 0.105. The summed E-state index contributed by atoms with van der Waals surface area (Å²) in [5.41, 5.74) is 0.0836. The molecule has 0 atom stereocenters. The van der Waals surface area contributed by atoms with Gasteiger partial charge in [-0.2, -0.15) is 0 Å². The van der Waals surface area contributed by atoms with Gasteiger partial charge >= 0.3 is 6.03 Å². The van der Waals surface area contributed by atoms with Crippen molar-refractivity contribution < 1.29 is 33.4 Å². The molecule has 0 saturated carbocycles. The Morgan fingerprint density at radius 2 is 1.61 bits per heavy atom. The Balaban J connectivity index is 2.05. The number of phenolic OH excluding ortho intramolecular Hbond substituents is 1. The average Bonchev–Trinajstić information content (AvgIpc) is 2.67. The molecule has 2 aromatic carbocycles. The van der Waals surface area contributed by atoms with Gasteiger partial charge in [0.2, 0.25) is 5.75 Å². The Bertz CT molecular complexity index is 975. The van der Waals surface area contributed by atoms with Crippen LogP contribution in [0.3, 0.4) is 0 Å². The number of phenols is 1. The summed E-state index contributed by atoms with van der Waals surface area (Å²) < 4.78 is 23.2. The average molecular weight is 386 g/mol. The van der Waals surface area contributed by atoms with E-state index in [-0.39, 0.29) is 28.5 Å². The molecule has 0 radical (unpaired) electrons. The molecule has 8 nitrogen and oxygen atoms in total. The lowest BCUT2D eigenvalue weighted by Crippen LogP contribution is -2.54. The van der Waals surface area contributed by atoms with Crippen molar-refractivity contribution in [1.82, 2.24) is 5.32 Å². The van der Waals surface area contributed by atoms with Crippen LogP contribution in [0.4, 0.5) is 14.9 Å². The molecule has 144 valence electrons. The quantitative estimate of drug-likeness (QED) is 0.617. The third-order valence-corrected chi connectivity index (χ3v) is 4.00. The topological polar surface area (TPSA) is 105 Å². The Hall–Kier alpha value is -3.88. The van der Waals surface area contributed by atoms with E-state index in [1.165, 1.54) is 44.6 Å². The number of carbonyl (C=O) groups is 3. The van der Waals surface area contributed by atoms with E-state index in [4.69, 9.17) is 9.47 Å². The van der Waals surface area contributed by atoms with Gasteiger partial charge in [0.1, 0.15) is 11.4 Å². The zero-order valence-corrected chi connectivity index (χ0v) is 14.9. The van der Waals surface area contributed by atoms with Crippen molar-refractivity contribution in [2.75, 3.05) is 19.1 Å². The lowest BCUT2D eigenvalue weighted by molar-refractivity contribution is -0.122. The molecule has 0 aromatic heterocycles. The number of ether oxygens (including phenoxy) is 2. The maximum Gasteiger partial charge on any atom is 0.335 e. The van der Waals surface area contributed by atoms with Gasteiger partial charge in [-0.05, 0) is 48.0 Å². The third-order valence-electron chi connectivity index (χ3n) is 4.00. The molecular formula is C19H15FN2O6. The molecule has 0 bridgehead atoms.